The Morgan fingerprint density at radius 2 is 2.31 bits per heavy atom. The van der Waals surface area contributed by atoms with Gasteiger partial charge in [-0.2, -0.15) is 9.49 Å². The highest BCUT2D eigenvalue weighted by atomic mass is 19.1. The van der Waals surface area contributed by atoms with E-state index in [4.69, 9.17) is 0 Å². The predicted octanol–water partition coefficient (Wildman–Crippen LogP) is 1.61. The van der Waals surface area contributed by atoms with Crippen molar-refractivity contribution in [2.45, 2.75) is 6.42 Å². The molecule has 0 unspecified atom stereocenters. The third-order valence-corrected chi connectivity index (χ3v) is 2.19. The minimum atomic E-state index is -0.466. The van der Waals surface area contributed by atoms with Crippen LogP contribution in [-0.4, -0.2) is 21.3 Å². The van der Waals surface area contributed by atoms with Crippen LogP contribution in [-0.2, 0) is 13.5 Å². The van der Waals surface area contributed by atoms with Crippen molar-refractivity contribution in [1.82, 2.24) is 14.8 Å². The van der Waals surface area contributed by atoms with Gasteiger partial charge in [-0.15, -0.1) is 0 Å². The molecule has 2 aromatic rings. The Hall–Kier alpha value is -1.91. The molecule has 0 spiro atoms. The van der Waals surface area contributed by atoms with Gasteiger partial charge in [0.2, 0.25) is 5.95 Å². The molecule has 0 saturated carbocycles. The quantitative estimate of drug-likeness (QED) is 0.796. The Morgan fingerprint density at radius 3 is 3.00 bits per heavy atom. The fourth-order valence-electron chi connectivity index (χ4n) is 1.44. The van der Waals surface area contributed by atoms with E-state index in [0.29, 0.717) is 12.4 Å². The monoisotopic (exact) mass is 220 g/mol. The van der Waals surface area contributed by atoms with Crippen LogP contribution in [0.25, 0.3) is 0 Å². The molecule has 84 valence electrons. The van der Waals surface area contributed by atoms with Crippen LogP contribution in [0.1, 0.15) is 5.56 Å². The van der Waals surface area contributed by atoms with Gasteiger partial charge in [-0.25, -0.2) is 4.98 Å². The maximum Gasteiger partial charge on any atom is 0.214 e. The zero-order valence-electron chi connectivity index (χ0n) is 9.02. The summed E-state index contributed by atoms with van der Waals surface area (Å²) in [5, 5.41) is 7.12. The van der Waals surface area contributed by atoms with Crippen LogP contribution in [0, 0.1) is 5.95 Å². The van der Waals surface area contributed by atoms with E-state index >= 15 is 0 Å². The Bertz CT molecular complexity index is 467. The Kier molecular flexibility index (Phi) is 3.14. The molecular formula is C11H13FN4. The average Bonchev–Trinajstić information content (AvgIpc) is 2.64. The highest BCUT2D eigenvalue weighted by Gasteiger charge is 1.98. The molecule has 5 heteroatoms. The molecule has 0 bridgehead atoms. The lowest BCUT2D eigenvalue weighted by atomic mass is 10.2. The fraction of sp³-hybridized carbons (Fsp3) is 0.273. The summed E-state index contributed by atoms with van der Waals surface area (Å²) < 4.78 is 14.5. The number of hydrogen-bond donors (Lipinski definition) is 1. The van der Waals surface area contributed by atoms with Crippen LogP contribution in [0.15, 0.2) is 30.6 Å². The number of hydrogen-bond acceptors (Lipinski definition) is 3. The summed E-state index contributed by atoms with van der Waals surface area (Å²) in [7, 11) is 1.88. The lowest BCUT2D eigenvalue weighted by Gasteiger charge is -2.03. The first-order chi connectivity index (χ1) is 7.74. The Morgan fingerprint density at radius 1 is 1.44 bits per heavy atom. The minimum absolute atomic E-state index is 0.466. The molecule has 0 aliphatic heterocycles. The lowest BCUT2D eigenvalue weighted by Crippen LogP contribution is -2.06. The maximum absolute atomic E-state index is 12.8. The molecule has 0 aromatic carbocycles. The summed E-state index contributed by atoms with van der Waals surface area (Å²) in [6.45, 7) is 0.710. The van der Waals surface area contributed by atoms with E-state index in [0.717, 1.165) is 12.0 Å². The highest BCUT2D eigenvalue weighted by Crippen LogP contribution is 2.04. The predicted molar refractivity (Wildman–Crippen MR) is 59.6 cm³/mol. The summed E-state index contributed by atoms with van der Waals surface area (Å²) in [5.74, 6) is 0.0928. The lowest BCUT2D eigenvalue weighted by molar-refractivity contribution is 0.585. The smallest absolute Gasteiger partial charge is 0.214 e. The fourth-order valence-corrected chi connectivity index (χ4v) is 1.44. The molecule has 0 radical (unpaired) electrons. The number of rotatable bonds is 4. The van der Waals surface area contributed by atoms with Crippen molar-refractivity contribution in [3.8, 4) is 0 Å². The number of aromatic nitrogens is 3. The number of nitrogens with zero attached hydrogens (tertiary/aromatic N) is 3. The van der Waals surface area contributed by atoms with Crippen LogP contribution in [0.3, 0.4) is 0 Å². The highest BCUT2D eigenvalue weighted by molar-refractivity contribution is 5.33. The van der Waals surface area contributed by atoms with E-state index in [1.807, 2.05) is 19.4 Å². The van der Waals surface area contributed by atoms with E-state index in [1.54, 1.807) is 16.8 Å². The maximum atomic E-state index is 12.8. The number of nitrogens with one attached hydrogen (secondary N) is 1. The van der Waals surface area contributed by atoms with Crippen LogP contribution in [0.2, 0.25) is 0 Å². The van der Waals surface area contributed by atoms with E-state index < -0.39 is 5.95 Å². The number of anilines is 1. The second-order valence-corrected chi connectivity index (χ2v) is 3.54. The molecule has 2 aromatic heterocycles. The zero-order valence-corrected chi connectivity index (χ0v) is 9.02. The third-order valence-electron chi connectivity index (χ3n) is 2.19. The van der Waals surface area contributed by atoms with Gasteiger partial charge in [0, 0.05) is 19.8 Å². The van der Waals surface area contributed by atoms with Gasteiger partial charge in [-0.05, 0) is 24.1 Å². The molecule has 16 heavy (non-hydrogen) atoms. The zero-order chi connectivity index (χ0) is 11.4. The number of halogens is 1. The molecule has 0 fully saturated rings. The van der Waals surface area contributed by atoms with Crippen molar-refractivity contribution in [1.29, 1.82) is 0 Å². The largest absolute Gasteiger partial charge is 0.370 e. The van der Waals surface area contributed by atoms with Crippen molar-refractivity contribution in [2.75, 3.05) is 11.9 Å². The summed E-state index contributed by atoms with van der Waals surface area (Å²) in [5.41, 5.74) is 1.14. The molecule has 4 nitrogen and oxygen atoms in total. The van der Waals surface area contributed by atoms with Gasteiger partial charge in [0.1, 0.15) is 5.82 Å². The molecule has 2 heterocycles. The average molecular weight is 220 g/mol. The van der Waals surface area contributed by atoms with Crippen LogP contribution in [0.4, 0.5) is 10.2 Å². The summed E-state index contributed by atoms with van der Waals surface area (Å²) >= 11 is 0. The van der Waals surface area contributed by atoms with Gasteiger partial charge in [-0.3, -0.25) is 4.68 Å². The van der Waals surface area contributed by atoms with Gasteiger partial charge in [-0.1, -0.05) is 6.07 Å². The van der Waals surface area contributed by atoms with Crippen molar-refractivity contribution in [3.05, 3.63) is 42.1 Å². The second-order valence-electron chi connectivity index (χ2n) is 3.54. The molecule has 0 aliphatic carbocycles. The SMILES string of the molecule is Cn1cc(CCNc2cccc(F)n2)cn1. The van der Waals surface area contributed by atoms with E-state index in [-0.39, 0.29) is 0 Å². The van der Waals surface area contributed by atoms with Crippen molar-refractivity contribution < 1.29 is 4.39 Å². The van der Waals surface area contributed by atoms with Crippen LogP contribution < -0.4 is 5.32 Å². The standard InChI is InChI=1S/C11H13FN4/c1-16-8-9(7-14-16)5-6-13-11-4-2-3-10(12)15-11/h2-4,7-8H,5-6H2,1H3,(H,13,15). The molecule has 0 saturated heterocycles. The van der Waals surface area contributed by atoms with E-state index in [1.165, 1.54) is 6.07 Å². The first-order valence-electron chi connectivity index (χ1n) is 5.08. The molecule has 2 rings (SSSR count). The Labute approximate surface area is 93.1 Å². The van der Waals surface area contributed by atoms with Crippen LogP contribution >= 0.6 is 0 Å². The van der Waals surface area contributed by atoms with Gasteiger partial charge >= 0.3 is 0 Å². The van der Waals surface area contributed by atoms with Crippen molar-refractivity contribution in [2.24, 2.45) is 7.05 Å². The summed E-state index contributed by atoms with van der Waals surface area (Å²) in [6.07, 6.45) is 4.62. The van der Waals surface area contributed by atoms with Crippen LogP contribution in [0.5, 0.6) is 0 Å². The van der Waals surface area contributed by atoms with Gasteiger partial charge in [0.15, 0.2) is 0 Å². The minimum Gasteiger partial charge on any atom is -0.370 e. The van der Waals surface area contributed by atoms with Gasteiger partial charge in [0.25, 0.3) is 0 Å². The van der Waals surface area contributed by atoms with Gasteiger partial charge in [0.05, 0.1) is 6.20 Å². The molecule has 0 atom stereocenters. The number of pyridine rings is 1. The molecule has 1 N–H and O–H groups in total. The van der Waals surface area contributed by atoms with Crippen molar-refractivity contribution >= 4 is 5.82 Å². The van der Waals surface area contributed by atoms with Gasteiger partial charge < -0.3 is 5.32 Å². The summed E-state index contributed by atoms with van der Waals surface area (Å²) in [6, 6.07) is 4.70. The number of aryl methyl sites for hydroxylation is 1. The van der Waals surface area contributed by atoms with Crippen molar-refractivity contribution in [3.63, 3.8) is 0 Å². The van der Waals surface area contributed by atoms with E-state index in [2.05, 4.69) is 15.4 Å². The molecular weight excluding hydrogens is 207 g/mol. The second kappa shape index (κ2) is 4.74. The first kappa shape index (κ1) is 10.6. The third kappa shape index (κ3) is 2.79. The molecule has 0 aliphatic rings. The molecule has 0 amide bonds. The Balaban J connectivity index is 1.84. The first-order valence-corrected chi connectivity index (χ1v) is 5.08. The van der Waals surface area contributed by atoms with E-state index in [9.17, 15) is 4.39 Å². The topological polar surface area (TPSA) is 42.7 Å². The summed E-state index contributed by atoms with van der Waals surface area (Å²) in [4.78, 5) is 3.71. The normalized spacial score (nSPS) is 10.4.